The Morgan fingerprint density at radius 1 is 1.00 bits per heavy atom. The number of hydrogen-bond donors (Lipinski definition) is 2. The Hall–Kier alpha value is -5.03. The molecule has 2 N–H and O–H groups in total. The Morgan fingerprint density at radius 3 is 2.46 bits per heavy atom. The molecule has 11 nitrogen and oxygen atoms in total. The molecule has 19 heteroatoms. The summed E-state index contributed by atoms with van der Waals surface area (Å²) in [5.41, 5.74) is -0.611. The number of nitrogens with zero attached hydrogens (tertiary/aromatic N) is 7. The third-order valence-electron chi connectivity index (χ3n) is 6.23. The third kappa shape index (κ3) is 6.94. The summed E-state index contributed by atoms with van der Waals surface area (Å²) in [5, 5.41) is 18.9. The van der Waals surface area contributed by atoms with Crippen molar-refractivity contribution >= 4 is 40.7 Å². The minimum atomic E-state index is -4.84. The standard InChI is InChI=1S/C27H17Cl2F6N9O2/c1-12-5-14(28)7-17(24(45)37-10-13-6-15(30)8-19(31)21(13)32)22(12)38-25(46)20-9-16(11-43-41-26(39-42-43)27(33,34)35)40-44(20)23-18(29)3-2-4-36-23/h2-9H,10-11H2,1H3,(H,37,45)(H,38,46). The molecule has 2 aromatic carbocycles. The Labute approximate surface area is 264 Å². The molecule has 0 bridgehead atoms. The van der Waals surface area contributed by atoms with Crippen molar-refractivity contribution in [3.05, 3.63) is 110 Å². The van der Waals surface area contributed by atoms with Crippen LogP contribution in [0.5, 0.6) is 0 Å². The molecule has 0 saturated heterocycles. The molecule has 46 heavy (non-hydrogen) atoms. The number of nitrogens with one attached hydrogen (secondary N) is 2. The average Bonchev–Trinajstić information content (AvgIpc) is 3.63. The number of carbonyl (C=O) groups excluding carboxylic acids is 2. The van der Waals surface area contributed by atoms with E-state index < -0.39 is 59.9 Å². The third-order valence-corrected chi connectivity index (χ3v) is 6.75. The number of amides is 2. The maximum Gasteiger partial charge on any atom is 0.455 e. The fraction of sp³-hybridized carbons (Fsp3) is 0.148. The minimum absolute atomic E-state index is 0.00754. The lowest BCUT2D eigenvalue weighted by Crippen LogP contribution is -2.26. The number of halogens is 8. The average molecular weight is 684 g/mol. The summed E-state index contributed by atoms with van der Waals surface area (Å²) in [6.07, 6.45) is -3.48. The first-order valence-electron chi connectivity index (χ1n) is 12.8. The molecule has 2 amide bonds. The summed E-state index contributed by atoms with van der Waals surface area (Å²) < 4.78 is 81.3. The molecule has 0 aliphatic rings. The summed E-state index contributed by atoms with van der Waals surface area (Å²) in [5.74, 6) is -7.11. The van der Waals surface area contributed by atoms with E-state index in [9.17, 15) is 35.9 Å². The van der Waals surface area contributed by atoms with E-state index in [2.05, 4.69) is 36.1 Å². The summed E-state index contributed by atoms with van der Waals surface area (Å²) in [6.45, 7) is 0.470. The lowest BCUT2D eigenvalue weighted by atomic mass is 10.1. The number of aryl methyl sites for hydroxylation is 1. The first kappa shape index (κ1) is 32.4. The van der Waals surface area contributed by atoms with Crippen LogP contribution in [-0.4, -0.2) is 46.8 Å². The molecule has 3 aromatic heterocycles. The monoisotopic (exact) mass is 683 g/mol. The Bertz CT molecular complexity index is 1980. The molecule has 0 fully saturated rings. The van der Waals surface area contributed by atoms with Gasteiger partial charge in [-0.25, -0.2) is 22.8 Å². The zero-order chi connectivity index (χ0) is 33.3. The summed E-state index contributed by atoms with van der Waals surface area (Å²) >= 11 is 12.4. The number of anilines is 1. The van der Waals surface area contributed by atoms with Gasteiger partial charge in [0.05, 0.1) is 22.0 Å². The normalized spacial score (nSPS) is 11.5. The Morgan fingerprint density at radius 2 is 1.76 bits per heavy atom. The fourth-order valence-electron chi connectivity index (χ4n) is 4.21. The van der Waals surface area contributed by atoms with Gasteiger partial charge < -0.3 is 10.6 Å². The molecular formula is C27H17Cl2F6N9O2. The Kier molecular flexibility index (Phi) is 8.98. The molecule has 5 rings (SSSR count). The molecule has 0 aliphatic carbocycles. The van der Waals surface area contributed by atoms with E-state index in [1.54, 1.807) is 0 Å². The maximum atomic E-state index is 14.1. The van der Waals surface area contributed by atoms with Crippen LogP contribution < -0.4 is 10.6 Å². The largest absolute Gasteiger partial charge is 0.455 e. The highest BCUT2D eigenvalue weighted by atomic mass is 35.5. The van der Waals surface area contributed by atoms with Gasteiger partial charge in [0.1, 0.15) is 18.1 Å². The van der Waals surface area contributed by atoms with Gasteiger partial charge in [-0.2, -0.15) is 23.1 Å². The molecule has 5 aromatic rings. The molecule has 0 spiro atoms. The van der Waals surface area contributed by atoms with Gasteiger partial charge in [0, 0.05) is 29.4 Å². The molecule has 238 valence electrons. The molecule has 3 heterocycles. The molecule has 0 atom stereocenters. The molecule has 0 radical (unpaired) electrons. The van der Waals surface area contributed by atoms with Crippen LogP contribution in [0, 0.1) is 24.4 Å². The van der Waals surface area contributed by atoms with Crippen molar-refractivity contribution in [3.8, 4) is 5.82 Å². The van der Waals surface area contributed by atoms with Crippen LogP contribution in [0.3, 0.4) is 0 Å². The topological polar surface area (TPSA) is 133 Å². The van der Waals surface area contributed by atoms with E-state index in [0.29, 0.717) is 22.5 Å². The van der Waals surface area contributed by atoms with Crippen LogP contribution >= 0.6 is 23.2 Å². The van der Waals surface area contributed by atoms with E-state index in [-0.39, 0.29) is 38.5 Å². The van der Waals surface area contributed by atoms with Gasteiger partial charge in [-0.1, -0.05) is 23.2 Å². The van der Waals surface area contributed by atoms with E-state index in [0.717, 1.165) is 4.68 Å². The second-order valence-electron chi connectivity index (χ2n) is 9.53. The van der Waals surface area contributed by atoms with Crippen molar-refractivity contribution in [2.45, 2.75) is 26.2 Å². The van der Waals surface area contributed by atoms with E-state index in [1.807, 2.05) is 0 Å². The van der Waals surface area contributed by atoms with Crippen molar-refractivity contribution in [2.75, 3.05) is 5.32 Å². The number of benzene rings is 2. The summed E-state index contributed by atoms with van der Waals surface area (Å²) in [7, 11) is 0. The first-order valence-corrected chi connectivity index (χ1v) is 13.5. The molecule has 0 saturated carbocycles. The predicted molar refractivity (Wildman–Crippen MR) is 150 cm³/mol. The zero-order valence-corrected chi connectivity index (χ0v) is 24.5. The fourth-order valence-corrected chi connectivity index (χ4v) is 4.68. The number of rotatable bonds is 8. The first-order chi connectivity index (χ1) is 21.7. The van der Waals surface area contributed by atoms with Crippen molar-refractivity contribution < 1.29 is 35.9 Å². The SMILES string of the molecule is Cc1cc(Cl)cc(C(=O)NCc2cc(F)cc(F)c2F)c1NC(=O)c1cc(Cn2nnc(C(F)(F)F)n2)nn1-c1ncccc1Cl. The van der Waals surface area contributed by atoms with Crippen LogP contribution in [-0.2, 0) is 19.3 Å². The van der Waals surface area contributed by atoms with Crippen molar-refractivity contribution in [1.82, 2.24) is 40.3 Å². The van der Waals surface area contributed by atoms with E-state index in [1.165, 1.54) is 43.5 Å². The van der Waals surface area contributed by atoms with Crippen LogP contribution in [0.2, 0.25) is 10.0 Å². The van der Waals surface area contributed by atoms with E-state index in [4.69, 9.17) is 23.2 Å². The van der Waals surface area contributed by atoms with Crippen LogP contribution in [0.1, 0.15) is 43.5 Å². The highest BCUT2D eigenvalue weighted by Gasteiger charge is 2.37. The summed E-state index contributed by atoms with van der Waals surface area (Å²) in [4.78, 5) is 31.6. The lowest BCUT2D eigenvalue weighted by molar-refractivity contribution is -0.145. The second-order valence-corrected chi connectivity index (χ2v) is 10.4. The van der Waals surface area contributed by atoms with Crippen molar-refractivity contribution in [2.24, 2.45) is 0 Å². The number of pyridine rings is 1. The molecule has 0 unspecified atom stereocenters. The number of carbonyl (C=O) groups is 2. The van der Waals surface area contributed by atoms with Crippen LogP contribution in [0.15, 0.2) is 48.7 Å². The number of hydrogen-bond acceptors (Lipinski definition) is 7. The van der Waals surface area contributed by atoms with Gasteiger partial charge in [0.15, 0.2) is 17.5 Å². The highest BCUT2D eigenvalue weighted by molar-refractivity contribution is 6.32. The van der Waals surface area contributed by atoms with Gasteiger partial charge in [-0.3, -0.25) is 9.59 Å². The summed E-state index contributed by atoms with van der Waals surface area (Å²) in [6, 6.07) is 7.89. The van der Waals surface area contributed by atoms with Gasteiger partial charge in [-0.15, -0.1) is 10.2 Å². The van der Waals surface area contributed by atoms with Crippen molar-refractivity contribution in [3.63, 3.8) is 0 Å². The number of aromatic nitrogens is 7. The predicted octanol–water partition coefficient (Wildman–Crippen LogP) is 5.54. The van der Waals surface area contributed by atoms with Gasteiger partial charge >= 0.3 is 6.18 Å². The quantitative estimate of drug-likeness (QED) is 0.162. The zero-order valence-electron chi connectivity index (χ0n) is 23.0. The maximum absolute atomic E-state index is 14.1. The molecule has 0 aliphatic heterocycles. The van der Waals surface area contributed by atoms with E-state index >= 15 is 0 Å². The lowest BCUT2D eigenvalue weighted by Gasteiger charge is -2.16. The second kappa shape index (κ2) is 12.8. The van der Waals surface area contributed by atoms with Gasteiger partial charge in [0.25, 0.3) is 17.6 Å². The number of tetrazole rings is 1. The van der Waals surface area contributed by atoms with Gasteiger partial charge in [-0.05, 0) is 54.1 Å². The molecular weight excluding hydrogens is 667 g/mol. The number of alkyl halides is 3. The Balaban J connectivity index is 1.47. The van der Waals surface area contributed by atoms with Gasteiger partial charge in [0.2, 0.25) is 0 Å². The smallest absolute Gasteiger partial charge is 0.348 e. The van der Waals surface area contributed by atoms with Crippen LogP contribution in [0.25, 0.3) is 5.82 Å². The highest BCUT2D eigenvalue weighted by Crippen LogP contribution is 2.28. The van der Waals surface area contributed by atoms with Crippen LogP contribution in [0.4, 0.5) is 32.0 Å². The van der Waals surface area contributed by atoms with Crippen molar-refractivity contribution in [1.29, 1.82) is 0 Å². The minimum Gasteiger partial charge on any atom is -0.348 e.